The van der Waals surface area contributed by atoms with E-state index in [1.807, 2.05) is 41.9 Å². The van der Waals surface area contributed by atoms with E-state index in [0.717, 1.165) is 25.0 Å². The lowest BCUT2D eigenvalue weighted by Gasteiger charge is -2.24. The molecule has 29 heavy (non-hydrogen) atoms. The number of unbranched alkanes of at least 4 members (excludes halogenated alkanes) is 1. The summed E-state index contributed by atoms with van der Waals surface area (Å²) in [6, 6.07) is 14.0. The molecule has 1 atom stereocenters. The van der Waals surface area contributed by atoms with E-state index in [2.05, 4.69) is 16.7 Å². The average molecular weight is 422 g/mol. The van der Waals surface area contributed by atoms with Crippen molar-refractivity contribution in [1.82, 2.24) is 4.57 Å². The molecule has 8 heteroatoms. The molecule has 0 saturated heterocycles. The normalized spacial score (nSPS) is 14.0. The summed E-state index contributed by atoms with van der Waals surface area (Å²) in [6.45, 7) is 1.44. The van der Waals surface area contributed by atoms with Gasteiger partial charge in [-0.15, -0.1) is 0 Å². The van der Waals surface area contributed by atoms with Crippen molar-refractivity contribution in [2.75, 3.05) is 6.61 Å². The lowest BCUT2D eigenvalue weighted by molar-refractivity contribution is 0.0971. The van der Waals surface area contributed by atoms with Gasteiger partial charge in [0, 0.05) is 24.7 Å². The van der Waals surface area contributed by atoms with E-state index < -0.39 is 13.4 Å². The monoisotopic (exact) mass is 422 g/mol. The number of carbonyl (C=O) groups excluding carboxylic acids is 1. The Morgan fingerprint density at radius 2 is 1.83 bits per heavy atom. The number of rotatable bonds is 12. The third-order valence-electron chi connectivity index (χ3n) is 4.99. The molecule has 1 heterocycles. The molecule has 7 nitrogen and oxygen atoms in total. The van der Waals surface area contributed by atoms with Crippen LogP contribution in [0.25, 0.3) is 0 Å². The Balaban J connectivity index is 1.81. The van der Waals surface area contributed by atoms with Crippen LogP contribution in [-0.4, -0.2) is 32.3 Å². The first-order valence-corrected chi connectivity index (χ1v) is 11.3. The van der Waals surface area contributed by atoms with Crippen LogP contribution in [0.1, 0.15) is 54.4 Å². The second kappa shape index (κ2) is 10.3. The Kier molecular flexibility index (Phi) is 8.37. The van der Waals surface area contributed by atoms with Gasteiger partial charge in [-0.1, -0.05) is 30.3 Å². The maximum atomic E-state index is 12.6. The van der Waals surface area contributed by atoms with Crippen molar-refractivity contribution in [1.29, 1.82) is 0 Å². The standard InChI is InChI=1S/C21H31N2O5P/c1-21(22,16-28-29(25,26)27)15-14-18-12-13-19(23(18)2)20(24)11-7-6-10-17-8-4-3-5-9-17/h3-5,8-9,12-13H,6-7,10-11,14-16,22H2,1-2H3,(H2,25,26,27)/t21-/m1/s1. The number of Topliss-reactive ketones (excluding diaryl/α,β-unsaturated/α-hetero) is 1. The fourth-order valence-electron chi connectivity index (χ4n) is 3.19. The molecule has 2 rings (SSSR count). The number of benzene rings is 1. The molecule has 1 aromatic carbocycles. The molecule has 0 bridgehead atoms. The topological polar surface area (TPSA) is 115 Å². The molecule has 0 fully saturated rings. The Morgan fingerprint density at radius 3 is 2.48 bits per heavy atom. The highest BCUT2D eigenvalue weighted by atomic mass is 31.2. The van der Waals surface area contributed by atoms with Gasteiger partial charge in [-0.05, 0) is 56.7 Å². The summed E-state index contributed by atoms with van der Waals surface area (Å²) in [5, 5.41) is 0. The van der Waals surface area contributed by atoms with Crippen molar-refractivity contribution in [2.24, 2.45) is 12.8 Å². The molecule has 0 saturated carbocycles. The lowest BCUT2D eigenvalue weighted by atomic mass is 9.97. The van der Waals surface area contributed by atoms with E-state index >= 15 is 0 Å². The predicted octanol–water partition coefficient (Wildman–Crippen LogP) is 3.38. The fourth-order valence-corrected chi connectivity index (χ4v) is 3.65. The molecule has 0 aliphatic carbocycles. The number of nitrogens with two attached hydrogens (primary N) is 1. The second-order valence-electron chi connectivity index (χ2n) is 7.80. The highest BCUT2D eigenvalue weighted by Gasteiger charge is 2.25. The van der Waals surface area contributed by atoms with Crippen LogP contribution in [0.5, 0.6) is 0 Å². The molecule has 0 aliphatic rings. The molecule has 0 amide bonds. The highest BCUT2D eigenvalue weighted by molar-refractivity contribution is 7.46. The number of nitrogens with zero attached hydrogens (tertiary/aromatic N) is 1. The first kappa shape index (κ1) is 23.5. The molecule has 0 aliphatic heterocycles. The van der Waals surface area contributed by atoms with E-state index in [0.29, 0.717) is 25.0 Å². The second-order valence-corrected chi connectivity index (χ2v) is 9.04. The number of phosphoric ester groups is 1. The quantitative estimate of drug-likeness (QED) is 0.274. The number of carbonyl (C=O) groups is 1. The maximum absolute atomic E-state index is 12.6. The van der Waals surface area contributed by atoms with Gasteiger partial charge in [0.25, 0.3) is 0 Å². The van der Waals surface area contributed by atoms with Gasteiger partial charge in [-0.2, -0.15) is 0 Å². The van der Waals surface area contributed by atoms with Crippen molar-refractivity contribution in [3.05, 3.63) is 59.4 Å². The third-order valence-corrected chi connectivity index (χ3v) is 5.45. The summed E-state index contributed by atoms with van der Waals surface area (Å²) in [6.07, 6.45) is 4.34. The molecule has 0 unspecified atom stereocenters. The zero-order valence-corrected chi connectivity index (χ0v) is 18.0. The maximum Gasteiger partial charge on any atom is 0.469 e. The van der Waals surface area contributed by atoms with Gasteiger partial charge in [-0.3, -0.25) is 9.32 Å². The third kappa shape index (κ3) is 8.25. The fraction of sp³-hybridized carbons (Fsp3) is 0.476. The molecule has 2 aromatic rings. The summed E-state index contributed by atoms with van der Waals surface area (Å²) in [7, 11) is -2.69. The van der Waals surface area contributed by atoms with Crippen molar-refractivity contribution < 1.29 is 23.7 Å². The van der Waals surface area contributed by atoms with Gasteiger partial charge < -0.3 is 20.1 Å². The molecule has 160 valence electrons. The summed E-state index contributed by atoms with van der Waals surface area (Å²) >= 11 is 0. The summed E-state index contributed by atoms with van der Waals surface area (Å²) in [5.74, 6) is 0.118. The molecular formula is C21H31N2O5P. The van der Waals surface area contributed by atoms with Gasteiger partial charge in [-0.25, -0.2) is 4.57 Å². The number of phosphoric acid groups is 1. The Labute approximate surface area is 172 Å². The van der Waals surface area contributed by atoms with Crippen LogP contribution >= 0.6 is 7.82 Å². The van der Waals surface area contributed by atoms with Crippen LogP contribution in [0.3, 0.4) is 0 Å². The summed E-state index contributed by atoms with van der Waals surface area (Å²) in [4.78, 5) is 30.2. The van der Waals surface area contributed by atoms with Crippen molar-refractivity contribution in [3.63, 3.8) is 0 Å². The number of aromatic nitrogens is 1. The van der Waals surface area contributed by atoms with Crippen LogP contribution in [0.2, 0.25) is 0 Å². The largest absolute Gasteiger partial charge is 0.469 e. The smallest absolute Gasteiger partial charge is 0.345 e. The van der Waals surface area contributed by atoms with Crippen molar-refractivity contribution >= 4 is 13.6 Å². The number of aryl methyl sites for hydroxylation is 2. The van der Waals surface area contributed by atoms with E-state index in [9.17, 15) is 9.36 Å². The predicted molar refractivity (Wildman–Crippen MR) is 113 cm³/mol. The van der Waals surface area contributed by atoms with E-state index in [-0.39, 0.29) is 12.4 Å². The molecule has 4 N–H and O–H groups in total. The first-order chi connectivity index (χ1) is 13.6. The Bertz CT molecular complexity index is 842. The summed E-state index contributed by atoms with van der Waals surface area (Å²) < 4.78 is 17.2. The average Bonchev–Trinajstić information content (AvgIpc) is 3.03. The SMILES string of the molecule is Cn1c(CC[C@@](C)(N)COP(=O)(O)O)ccc1C(=O)CCCCc1ccccc1. The lowest BCUT2D eigenvalue weighted by Crippen LogP contribution is -2.41. The molecule has 0 radical (unpaired) electrons. The van der Waals surface area contributed by atoms with Crippen LogP contribution in [-0.2, 0) is 29.0 Å². The zero-order valence-electron chi connectivity index (χ0n) is 17.1. The minimum absolute atomic E-state index is 0.118. The van der Waals surface area contributed by atoms with Gasteiger partial charge in [0.05, 0.1) is 12.3 Å². The Morgan fingerprint density at radius 1 is 1.14 bits per heavy atom. The van der Waals surface area contributed by atoms with Gasteiger partial charge >= 0.3 is 7.82 Å². The van der Waals surface area contributed by atoms with E-state index in [1.165, 1.54) is 5.56 Å². The van der Waals surface area contributed by atoms with E-state index in [4.69, 9.17) is 15.5 Å². The van der Waals surface area contributed by atoms with E-state index in [1.54, 1.807) is 6.92 Å². The minimum Gasteiger partial charge on any atom is -0.345 e. The Hall–Kier alpha value is -1.76. The van der Waals surface area contributed by atoms with Gasteiger partial charge in [0.1, 0.15) is 0 Å². The van der Waals surface area contributed by atoms with Crippen LogP contribution in [0.15, 0.2) is 42.5 Å². The number of hydrogen-bond donors (Lipinski definition) is 3. The van der Waals surface area contributed by atoms with Crippen molar-refractivity contribution in [2.45, 2.75) is 51.0 Å². The number of ketones is 1. The van der Waals surface area contributed by atoms with Crippen LogP contribution in [0, 0.1) is 0 Å². The van der Waals surface area contributed by atoms with Gasteiger partial charge in [0.15, 0.2) is 5.78 Å². The van der Waals surface area contributed by atoms with Gasteiger partial charge in [0.2, 0.25) is 0 Å². The summed E-state index contributed by atoms with van der Waals surface area (Å²) in [5.41, 5.74) is 8.10. The van der Waals surface area contributed by atoms with Crippen LogP contribution < -0.4 is 5.73 Å². The van der Waals surface area contributed by atoms with Crippen LogP contribution in [0.4, 0.5) is 0 Å². The molecule has 1 aromatic heterocycles. The number of hydrogen-bond acceptors (Lipinski definition) is 4. The molecule has 0 spiro atoms. The first-order valence-electron chi connectivity index (χ1n) is 9.78. The minimum atomic E-state index is -4.54. The zero-order chi connectivity index (χ0) is 21.5. The molecular weight excluding hydrogens is 391 g/mol. The van der Waals surface area contributed by atoms with Crippen molar-refractivity contribution in [3.8, 4) is 0 Å². The highest BCUT2D eigenvalue weighted by Crippen LogP contribution is 2.36.